The van der Waals surface area contributed by atoms with Crippen molar-refractivity contribution >= 4 is 5.78 Å². The van der Waals surface area contributed by atoms with E-state index < -0.39 is 5.79 Å². The monoisotopic (exact) mass is 332 g/mol. The van der Waals surface area contributed by atoms with Crippen molar-refractivity contribution in [2.24, 2.45) is 34.5 Å². The molecule has 0 aromatic heterocycles. The van der Waals surface area contributed by atoms with Gasteiger partial charge in [-0.1, -0.05) is 20.3 Å². The molecule has 4 saturated carbocycles. The molecule has 5 rings (SSSR count). The van der Waals surface area contributed by atoms with Gasteiger partial charge < -0.3 is 9.47 Å². The lowest BCUT2D eigenvalue weighted by molar-refractivity contribution is -0.225. The molecule has 0 amide bonds. The highest BCUT2D eigenvalue weighted by atomic mass is 16.7. The molecule has 24 heavy (non-hydrogen) atoms. The largest absolute Gasteiger partial charge is 0.348 e. The fraction of sp³-hybridized carbons (Fsp3) is 0.952. The number of hydrogen-bond donors (Lipinski definition) is 0. The van der Waals surface area contributed by atoms with Crippen LogP contribution in [0.15, 0.2) is 0 Å². The summed E-state index contributed by atoms with van der Waals surface area (Å²) in [7, 11) is 0. The van der Waals surface area contributed by atoms with E-state index in [-0.39, 0.29) is 11.3 Å². The first kappa shape index (κ1) is 15.8. The molecule has 1 aliphatic heterocycles. The van der Waals surface area contributed by atoms with Crippen LogP contribution < -0.4 is 0 Å². The van der Waals surface area contributed by atoms with Crippen LogP contribution in [0.2, 0.25) is 0 Å². The van der Waals surface area contributed by atoms with Crippen LogP contribution in [-0.4, -0.2) is 24.8 Å². The second-order valence-corrected chi connectivity index (χ2v) is 10.0. The third-order valence-corrected chi connectivity index (χ3v) is 9.06. The average Bonchev–Trinajstić information content (AvgIpc) is 3.16. The van der Waals surface area contributed by atoms with Crippen molar-refractivity contribution < 1.29 is 14.3 Å². The van der Waals surface area contributed by atoms with E-state index in [1.54, 1.807) is 0 Å². The number of ketones is 1. The summed E-state index contributed by atoms with van der Waals surface area (Å²) in [5, 5.41) is 0. The third kappa shape index (κ3) is 2.00. The maximum absolute atomic E-state index is 13.2. The Morgan fingerprint density at radius 3 is 2.54 bits per heavy atom. The zero-order chi connectivity index (χ0) is 16.6. The molecule has 1 heterocycles. The van der Waals surface area contributed by atoms with Crippen molar-refractivity contribution in [2.75, 3.05) is 13.2 Å². The van der Waals surface area contributed by atoms with Gasteiger partial charge >= 0.3 is 0 Å². The van der Waals surface area contributed by atoms with Crippen LogP contribution in [0.3, 0.4) is 0 Å². The molecule has 3 nitrogen and oxygen atoms in total. The number of hydrogen-bond acceptors (Lipinski definition) is 3. The number of rotatable bonds is 0. The summed E-state index contributed by atoms with van der Waals surface area (Å²) in [5.41, 5.74) is 0.711. The quantitative estimate of drug-likeness (QED) is 0.662. The minimum Gasteiger partial charge on any atom is -0.348 e. The van der Waals surface area contributed by atoms with E-state index in [9.17, 15) is 4.79 Å². The van der Waals surface area contributed by atoms with Crippen molar-refractivity contribution in [2.45, 2.75) is 77.4 Å². The Hall–Kier alpha value is -0.410. The molecule has 0 aromatic rings. The summed E-state index contributed by atoms with van der Waals surface area (Å²) in [4.78, 5) is 13.2. The Bertz CT molecular complexity index is 551. The number of Topliss-reactive ketones (excluding diaryl/α,β-unsaturated/α-hetero) is 1. The molecule has 6 atom stereocenters. The van der Waals surface area contributed by atoms with E-state index in [1.165, 1.54) is 32.1 Å². The normalized spacial score (nSPS) is 52.8. The minimum atomic E-state index is -0.427. The van der Waals surface area contributed by atoms with Crippen molar-refractivity contribution in [3.05, 3.63) is 0 Å². The smallest absolute Gasteiger partial charge is 0.169 e. The van der Waals surface area contributed by atoms with E-state index in [2.05, 4.69) is 13.8 Å². The maximum atomic E-state index is 13.2. The molecule has 0 bridgehead atoms. The van der Waals surface area contributed by atoms with Gasteiger partial charge in [-0.3, -0.25) is 4.79 Å². The second-order valence-electron chi connectivity index (χ2n) is 10.0. The molecule has 5 aliphatic rings. The second kappa shape index (κ2) is 5.07. The SMILES string of the molecule is C[C@@]12CCC[C@H]1[C@@H]1CC(=O)[C@H]3CC4(CC[C@]3(C)[C@H]1CC2)OCCO4. The van der Waals surface area contributed by atoms with Crippen LogP contribution in [0, 0.1) is 34.5 Å². The topological polar surface area (TPSA) is 35.5 Å². The maximum Gasteiger partial charge on any atom is 0.169 e. The number of ether oxygens (including phenoxy) is 2. The van der Waals surface area contributed by atoms with Gasteiger partial charge in [-0.05, 0) is 60.7 Å². The van der Waals surface area contributed by atoms with E-state index in [1.807, 2.05) is 0 Å². The summed E-state index contributed by atoms with van der Waals surface area (Å²) in [6.45, 7) is 6.34. The Kier molecular flexibility index (Phi) is 3.34. The van der Waals surface area contributed by atoms with Crippen LogP contribution in [0.1, 0.15) is 71.6 Å². The number of fused-ring (bicyclic) bond motifs is 5. The molecule has 134 valence electrons. The van der Waals surface area contributed by atoms with Crippen LogP contribution >= 0.6 is 0 Å². The van der Waals surface area contributed by atoms with Crippen molar-refractivity contribution in [3.8, 4) is 0 Å². The zero-order valence-electron chi connectivity index (χ0n) is 15.3. The zero-order valence-corrected chi connectivity index (χ0v) is 15.3. The lowest BCUT2D eigenvalue weighted by Gasteiger charge is -2.60. The van der Waals surface area contributed by atoms with Gasteiger partial charge in [0.2, 0.25) is 0 Å². The fourth-order valence-corrected chi connectivity index (χ4v) is 7.72. The predicted octanol–water partition coefficient (Wildman–Crippen LogP) is 4.34. The van der Waals surface area contributed by atoms with Gasteiger partial charge in [-0.15, -0.1) is 0 Å². The van der Waals surface area contributed by atoms with Gasteiger partial charge in [0.15, 0.2) is 5.79 Å². The highest BCUT2D eigenvalue weighted by Gasteiger charge is 2.62. The van der Waals surface area contributed by atoms with Gasteiger partial charge in [-0.25, -0.2) is 0 Å². The van der Waals surface area contributed by atoms with Crippen LogP contribution in [0.25, 0.3) is 0 Å². The molecular weight excluding hydrogens is 300 g/mol. The Labute approximate surface area is 145 Å². The first-order chi connectivity index (χ1) is 11.5. The Morgan fingerprint density at radius 2 is 1.75 bits per heavy atom. The molecule has 0 N–H and O–H groups in total. The predicted molar refractivity (Wildman–Crippen MR) is 91.4 cm³/mol. The first-order valence-electron chi connectivity index (χ1n) is 10.3. The summed E-state index contributed by atoms with van der Waals surface area (Å²) in [6.07, 6.45) is 10.6. The van der Waals surface area contributed by atoms with Gasteiger partial charge in [0.25, 0.3) is 0 Å². The Balaban J connectivity index is 1.46. The molecule has 5 fully saturated rings. The highest BCUT2D eigenvalue weighted by Crippen LogP contribution is 2.66. The molecule has 0 unspecified atom stereocenters. The fourth-order valence-electron chi connectivity index (χ4n) is 7.72. The summed E-state index contributed by atoms with van der Waals surface area (Å²) >= 11 is 0. The average molecular weight is 332 g/mol. The van der Waals surface area contributed by atoms with Crippen LogP contribution in [0.5, 0.6) is 0 Å². The van der Waals surface area contributed by atoms with E-state index >= 15 is 0 Å². The standard InChI is InChI=1S/C21H32O3/c1-19-6-3-4-15(19)14-12-18(22)17-13-21(23-10-11-24-21)9-8-20(17,2)16(14)5-7-19/h14-17H,3-13H2,1-2H3/t14-,15-,16-,17+,19-,20+/m0/s1. The van der Waals surface area contributed by atoms with E-state index in [0.29, 0.717) is 30.3 Å². The Morgan fingerprint density at radius 1 is 0.958 bits per heavy atom. The summed E-state index contributed by atoms with van der Waals surface area (Å²) in [5.74, 6) is 2.45. The van der Waals surface area contributed by atoms with Crippen molar-refractivity contribution in [3.63, 3.8) is 0 Å². The van der Waals surface area contributed by atoms with E-state index in [0.717, 1.165) is 37.5 Å². The van der Waals surface area contributed by atoms with Crippen LogP contribution in [0.4, 0.5) is 0 Å². The van der Waals surface area contributed by atoms with Crippen molar-refractivity contribution in [1.29, 1.82) is 0 Å². The van der Waals surface area contributed by atoms with Gasteiger partial charge in [0.05, 0.1) is 13.2 Å². The third-order valence-electron chi connectivity index (χ3n) is 9.06. The first-order valence-corrected chi connectivity index (χ1v) is 10.3. The van der Waals surface area contributed by atoms with Crippen LogP contribution in [-0.2, 0) is 14.3 Å². The van der Waals surface area contributed by atoms with Gasteiger partial charge in [-0.2, -0.15) is 0 Å². The number of carbonyl (C=O) groups excluding carboxylic acids is 1. The number of carbonyl (C=O) groups is 1. The molecular formula is C21H32O3. The molecule has 0 radical (unpaired) electrons. The van der Waals surface area contributed by atoms with Gasteiger partial charge in [0, 0.05) is 25.2 Å². The minimum absolute atomic E-state index is 0.163. The summed E-state index contributed by atoms with van der Waals surface area (Å²) in [6, 6.07) is 0. The molecule has 4 aliphatic carbocycles. The van der Waals surface area contributed by atoms with E-state index in [4.69, 9.17) is 9.47 Å². The van der Waals surface area contributed by atoms with Crippen molar-refractivity contribution in [1.82, 2.24) is 0 Å². The highest BCUT2D eigenvalue weighted by molar-refractivity contribution is 5.83. The molecule has 1 saturated heterocycles. The molecule has 0 aromatic carbocycles. The lowest BCUT2D eigenvalue weighted by atomic mass is 9.44. The summed E-state index contributed by atoms with van der Waals surface area (Å²) < 4.78 is 11.9. The molecule has 3 heteroatoms. The lowest BCUT2D eigenvalue weighted by Crippen LogP contribution is -2.58. The molecule has 1 spiro atoms. The van der Waals surface area contributed by atoms with Gasteiger partial charge in [0.1, 0.15) is 5.78 Å².